The fraction of sp³-hybridized carbons (Fsp3) is 0.0714. The zero-order chi connectivity index (χ0) is 13.0. The van der Waals surface area contributed by atoms with Crippen molar-refractivity contribution in [1.82, 2.24) is 0 Å². The summed E-state index contributed by atoms with van der Waals surface area (Å²) >= 11 is 1.52. The highest BCUT2D eigenvalue weighted by Gasteiger charge is 2.09. The van der Waals surface area contributed by atoms with Crippen LogP contribution in [0.3, 0.4) is 0 Å². The standard InChI is InChI=1S/C14H11FO2S/c1-17-10-4-6-12(13(15)9-10)14(16)7-5-11-3-2-8-18-11/h2-9H,1H3/b7-5+. The van der Waals surface area contributed by atoms with Gasteiger partial charge >= 0.3 is 0 Å². The molecule has 0 fully saturated rings. The highest BCUT2D eigenvalue weighted by Crippen LogP contribution is 2.18. The van der Waals surface area contributed by atoms with Crippen molar-refractivity contribution in [2.24, 2.45) is 0 Å². The minimum atomic E-state index is -0.574. The van der Waals surface area contributed by atoms with E-state index in [0.29, 0.717) is 5.75 Å². The smallest absolute Gasteiger partial charge is 0.188 e. The van der Waals surface area contributed by atoms with Gasteiger partial charge in [0.15, 0.2) is 5.78 Å². The second-order valence-corrected chi connectivity index (χ2v) is 4.54. The number of halogens is 1. The maximum Gasteiger partial charge on any atom is 0.188 e. The summed E-state index contributed by atoms with van der Waals surface area (Å²) in [5, 5.41) is 1.91. The quantitative estimate of drug-likeness (QED) is 0.619. The van der Waals surface area contributed by atoms with Gasteiger partial charge in [-0.2, -0.15) is 0 Å². The lowest BCUT2D eigenvalue weighted by Crippen LogP contribution is -1.99. The first kappa shape index (κ1) is 12.5. The van der Waals surface area contributed by atoms with Crippen molar-refractivity contribution < 1.29 is 13.9 Å². The minimum Gasteiger partial charge on any atom is -0.497 e. The predicted molar refractivity (Wildman–Crippen MR) is 70.6 cm³/mol. The highest BCUT2D eigenvalue weighted by atomic mass is 32.1. The number of carbonyl (C=O) groups excluding carboxylic acids is 1. The lowest BCUT2D eigenvalue weighted by molar-refractivity contribution is 0.104. The highest BCUT2D eigenvalue weighted by molar-refractivity contribution is 7.10. The van der Waals surface area contributed by atoms with Crippen LogP contribution in [0.2, 0.25) is 0 Å². The normalized spacial score (nSPS) is 10.8. The number of ketones is 1. The third-order valence-electron chi connectivity index (χ3n) is 2.38. The van der Waals surface area contributed by atoms with Crippen molar-refractivity contribution in [1.29, 1.82) is 0 Å². The van der Waals surface area contributed by atoms with Gasteiger partial charge in [-0.1, -0.05) is 6.07 Å². The van der Waals surface area contributed by atoms with Gasteiger partial charge in [0, 0.05) is 10.9 Å². The molecule has 0 bridgehead atoms. The second-order valence-electron chi connectivity index (χ2n) is 3.56. The summed E-state index contributed by atoms with van der Waals surface area (Å²) in [5.74, 6) is -0.537. The molecule has 0 N–H and O–H groups in total. The summed E-state index contributed by atoms with van der Waals surface area (Å²) < 4.78 is 18.5. The Balaban J connectivity index is 2.19. The van der Waals surface area contributed by atoms with E-state index in [2.05, 4.69) is 0 Å². The van der Waals surface area contributed by atoms with E-state index < -0.39 is 5.82 Å². The first-order chi connectivity index (χ1) is 8.70. The topological polar surface area (TPSA) is 26.3 Å². The molecule has 2 rings (SSSR count). The molecule has 0 spiro atoms. The predicted octanol–water partition coefficient (Wildman–Crippen LogP) is 3.79. The number of ether oxygens (including phenoxy) is 1. The Morgan fingerprint density at radius 1 is 1.39 bits per heavy atom. The van der Waals surface area contributed by atoms with Crippen LogP contribution in [0.25, 0.3) is 6.08 Å². The van der Waals surface area contributed by atoms with Crippen LogP contribution >= 0.6 is 11.3 Å². The van der Waals surface area contributed by atoms with Gasteiger partial charge < -0.3 is 4.74 Å². The van der Waals surface area contributed by atoms with Crippen LogP contribution in [0, 0.1) is 5.82 Å². The maximum atomic E-state index is 13.6. The lowest BCUT2D eigenvalue weighted by atomic mass is 10.1. The van der Waals surface area contributed by atoms with Gasteiger partial charge in [0.25, 0.3) is 0 Å². The molecule has 4 heteroatoms. The number of hydrogen-bond donors (Lipinski definition) is 0. The summed E-state index contributed by atoms with van der Waals surface area (Å²) in [4.78, 5) is 12.8. The van der Waals surface area contributed by atoms with Crippen molar-refractivity contribution in [2.45, 2.75) is 0 Å². The molecule has 2 aromatic rings. The Morgan fingerprint density at radius 2 is 2.22 bits per heavy atom. The molecule has 92 valence electrons. The van der Waals surface area contributed by atoms with Gasteiger partial charge in [-0.15, -0.1) is 11.3 Å². The second kappa shape index (κ2) is 5.60. The van der Waals surface area contributed by atoms with Gasteiger partial charge in [0.05, 0.1) is 12.7 Å². The number of rotatable bonds is 4. The molecular formula is C14H11FO2S. The maximum absolute atomic E-state index is 13.6. The van der Waals surface area contributed by atoms with Crippen LogP contribution in [0.15, 0.2) is 41.8 Å². The molecule has 0 amide bonds. The molecule has 0 radical (unpaired) electrons. The number of carbonyl (C=O) groups is 1. The van der Waals surface area contributed by atoms with Gasteiger partial charge in [0.1, 0.15) is 11.6 Å². The Labute approximate surface area is 108 Å². The average molecular weight is 262 g/mol. The monoisotopic (exact) mass is 262 g/mol. The van der Waals surface area contributed by atoms with E-state index in [0.717, 1.165) is 4.88 Å². The SMILES string of the molecule is COc1ccc(C(=O)/C=C/c2cccs2)c(F)c1. The van der Waals surface area contributed by atoms with E-state index in [1.54, 1.807) is 12.1 Å². The molecule has 0 saturated heterocycles. The molecule has 1 heterocycles. The average Bonchev–Trinajstić information content (AvgIpc) is 2.88. The summed E-state index contributed by atoms with van der Waals surface area (Å²) in [6.45, 7) is 0. The molecule has 1 aromatic carbocycles. The van der Waals surface area contributed by atoms with E-state index in [1.165, 1.54) is 36.7 Å². The van der Waals surface area contributed by atoms with Crippen molar-refractivity contribution in [3.63, 3.8) is 0 Å². The Hall–Kier alpha value is -1.94. The van der Waals surface area contributed by atoms with Crippen LogP contribution in [0.1, 0.15) is 15.2 Å². The molecule has 2 nitrogen and oxygen atoms in total. The van der Waals surface area contributed by atoms with Crippen LogP contribution in [0.4, 0.5) is 4.39 Å². The molecular weight excluding hydrogens is 251 g/mol. The van der Waals surface area contributed by atoms with Crippen LogP contribution in [-0.4, -0.2) is 12.9 Å². The molecule has 0 aliphatic carbocycles. The third-order valence-corrected chi connectivity index (χ3v) is 3.22. The number of methoxy groups -OCH3 is 1. The summed E-state index contributed by atoms with van der Waals surface area (Å²) in [6, 6.07) is 7.97. The number of benzene rings is 1. The number of thiophene rings is 1. The first-order valence-electron chi connectivity index (χ1n) is 5.30. The van der Waals surface area contributed by atoms with E-state index in [-0.39, 0.29) is 11.3 Å². The van der Waals surface area contributed by atoms with Crippen molar-refractivity contribution in [2.75, 3.05) is 7.11 Å². The molecule has 0 atom stereocenters. The van der Waals surface area contributed by atoms with Gasteiger partial charge in [-0.3, -0.25) is 4.79 Å². The lowest BCUT2D eigenvalue weighted by Gasteiger charge is -2.02. The van der Waals surface area contributed by atoms with E-state index in [4.69, 9.17) is 4.74 Å². The molecule has 1 aromatic heterocycles. The van der Waals surface area contributed by atoms with Crippen LogP contribution < -0.4 is 4.74 Å². The van der Waals surface area contributed by atoms with Crippen molar-refractivity contribution in [3.05, 3.63) is 58.0 Å². The largest absolute Gasteiger partial charge is 0.497 e. The van der Waals surface area contributed by atoms with Gasteiger partial charge in [0.2, 0.25) is 0 Å². The van der Waals surface area contributed by atoms with Crippen molar-refractivity contribution >= 4 is 23.2 Å². The fourth-order valence-corrected chi connectivity index (χ4v) is 2.07. The van der Waals surface area contributed by atoms with Crippen LogP contribution in [0.5, 0.6) is 5.75 Å². The zero-order valence-corrected chi connectivity index (χ0v) is 10.5. The van der Waals surface area contributed by atoms with Gasteiger partial charge in [-0.05, 0) is 35.7 Å². The van der Waals surface area contributed by atoms with Gasteiger partial charge in [-0.25, -0.2) is 4.39 Å². The molecule has 0 saturated carbocycles. The summed E-state index contributed by atoms with van der Waals surface area (Å²) in [6.07, 6.45) is 3.05. The minimum absolute atomic E-state index is 0.0450. The van der Waals surface area contributed by atoms with E-state index in [9.17, 15) is 9.18 Å². The summed E-state index contributed by atoms with van der Waals surface area (Å²) in [5.41, 5.74) is 0.0450. The van der Waals surface area contributed by atoms with E-state index >= 15 is 0 Å². The Morgan fingerprint density at radius 3 is 2.83 bits per heavy atom. The zero-order valence-electron chi connectivity index (χ0n) is 9.72. The fourth-order valence-electron chi connectivity index (χ4n) is 1.46. The molecule has 0 unspecified atom stereocenters. The van der Waals surface area contributed by atoms with Crippen molar-refractivity contribution in [3.8, 4) is 5.75 Å². The number of hydrogen-bond acceptors (Lipinski definition) is 3. The first-order valence-corrected chi connectivity index (χ1v) is 6.18. The van der Waals surface area contributed by atoms with Crippen LogP contribution in [-0.2, 0) is 0 Å². The Kier molecular flexibility index (Phi) is 3.89. The summed E-state index contributed by atoms with van der Waals surface area (Å²) in [7, 11) is 1.45. The molecule has 0 aliphatic heterocycles. The Bertz CT molecular complexity index is 573. The number of allylic oxidation sites excluding steroid dienone is 1. The molecule has 0 aliphatic rings. The molecule has 18 heavy (non-hydrogen) atoms. The third kappa shape index (κ3) is 2.84. The van der Waals surface area contributed by atoms with E-state index in [1.807, 2.05) is 17.5 Å².